The molecule has 2 saturated heterocycles. The van der Waals surface area contributed by atoms with Gasteiger partial charge in [0, 0.05) is 73.4 Å². The number of rotatable bonds is 6. The fourth-order valence-corrected chi connectivity index (χ4v) is 6.26. The summed E-state index contributed by atoms with van der Waals surface area (Å²) in [7, 11) is 2.12. The molecule has 2 aromatic heterocycles. The van der Waals surface area contributed by atoms with Gasteiger partial charge in [-0.15, -0.1) is 0 Å². The van der Waals surface area contributed by atoms with Crippen molar-refractivity contribution in [1.29, 1.82) is 5.26 Å². The first-order chi connectivity index (χ1) is 19.6. The lowest BCUT2D eigenvalue weighted by Gasteiger charge is -2.38. The quantitative estimate of drug-likeness (QED) is 0.443. The van der Waals surface area contributed by atoms with Crippen LogP contribution in [-0.4, -0.2) is 84.6 Å². The van der Waals surface area contributed by atoms with Crippen molar-refractivity contribution in [1.82, 2.24) is 19.8 Å². The van der Waals surface area contributed by atoms with E-state index in [1.165, 1.54) is 6.08 Å². The first-order valence-corrected chi connectivity index (χ1v) is 14.1. The van der Waals surface area contributed by atoms with E-state index in [-0.39, 0.29) is 5.91 Å². The van der Waals surface area contributed by atoms with Crippen molar-refractivity contribution < 1.29 is 9.53 Å². The molecule has 0 saturated carbocycles. The first kappa shape index (κ1) is 26.1. The summed E-state index contributed by atoms with van der Waals surface area (Å²) in [6.45, 7) is 9.14. The largest absolute Gasteiger partial charge is 0.475 e. The molecular formula is C31H35N7O2. The number of likely N-dealkylation sites (tertiary alicyclic amines) is 1. The Morgan fingerprint density at radius 1 is 1.12 bits per heavy atom. The Hall–Kier alpha value is -4.16. The lowest BCUT2D eigenvalue weighted by Crippen LogP contribution is -2.49. The highest BCUT2D eigenvalue weighted by Crippen LogP contribution is 2.38. The number of aromatic nitrogens is 2. The van der Waals surface area contributed by atoms with E-state index in [1.54, 1.807) is 0 Å². The SMILES string of the molecule is C=CC(=O)N1CCN(c2nc(OC[C@@H]3CCCN3C)c(C#N)c3c2CCN(c2cncc4ccccc24)C3)CC1. The molecule has 1 amide bonds. The van der Waals surface area contributed by atoms with E-state index in [0.29, 0.717) is 56.8 Å². The van der Waals surface area contributed by atoms with E-state index in [0.717, 1.165) is 65.8 Å². The first-order valence-electron chi connectivity index (χ1n) is 14.1. The molecule has 206 valence electrons. The molecule has 5 heterocycles. The van der Waals surface area contributed by atoms with Gasteiger partial charge in [0.15, 0.2) is 0 Å². The number of benzene rings is 1. The molecule has 9 nitrogen and oxygen atoms in total. The number of fused-ring (bicyclic) bond motifs is 2. The Morgan fingerprint density at radius 2 is 1.95 bits per heavy atom. The highest BCUT2D eigenvalue weighted by Gasteiger charge is 2.32. The summed E-state index contributed by atoms with van der Waals surface area (Å²) in [6, 6.07) is 11.1. The molecule has 0 aliphatic carbocycles. The average Bonchev–Trinajstić information content (AvgIpc) is 3.42. The number of nitriles is 1. The van der Waals surface area contributed by atoms with Crippen LogP contribution in [0.25, 0.3) is 10.8 Å². The molecule has 0 bridgehead atoms. The van der Waals surface area contributed by atoms with Gasteiger partial charge in [-0.05, 0) is 38.9 Å². The maximum atomic E-state index is 12.2. The maximum Gasteiger partial charge on any atom is 0.246 e. The predicted octanol–water partition coefficient (Wildman–Crippen LogP) is 3.37. The third-order valence-corrected chi connectivity index (χ3v) is 8.59. The van der Waals surface area contributed by atoms with Gasteiger partial charge in [-0.3, -0.25) is 9.78 Å². The zero-order valence-electron chi connectivity index (χ0n) is 23.1. The molecule has 3 aromatic rings. The number of carbonyl (C=O) groups excluding carboxylic acids is 1. The number of hydrogen-bond acceptors (Lipinski definition) is 8. The normalized spacial score (nSPS) is 19.4. The van der Waals surface area contributed by atoms with Crippen molar-refractivity contribution >= 4 is 28.2 Å². The van der Waals surface area contributed by atoms with Crippen molar-refractivity contribution in [3.05, 3.63) is 66.0 Å². The molecule has 0 radical (unpaired) electrons. The molecule has 3 aliphatic rings. The van der Waals surface area contributed by atoms with Gasteiger partial charge in [-0.2, -0.15) is 10.2 Å². The van der Waals surface area contributed by atoms with E-state index in [4.69, 9.17) is 9.72 Å². The summed E-state index contributed by atoms with van der Waals surface area (Å²) in [4.78, 5) is 30.4. The van der Waals surface area contributed by atoms with Gasteiger partial charge >= 0.3 is 0 Å². The van der Waals surface area contributed by atoms with Crippen LogP contribution in [0.5, 0.6) is 5.88 Å². The van der Waals surface area contributed by atoms with Crippen LogP contribution in [-0.2, 0) is 17.8 Å². The summed E-state index contributed by atoms with van der Waals surface area (Å²) >= 11 is 0. The Labute approximate surface area is 235 Å². The predicted molar refractivity (Wildman–Crippen MR) is 156 cm³/mol. The Balaban J connectivity index is 1.37. The summed E-state index contributed by atoms with van der Waals surface area (Å²) < 4.78 is 6.36. The van der Waals surface area contributed by atoms with Crippen LogP contribution in [0.1, 0.15) is 29.5 Å². The molecule has 9 heteroatoms. The minimum absolute atomic E-state index is 0.0430. The van der Waals surface area contributed by atoms with Crippen LogP contribution in [0.4, 0.5) is 11.5 Å². The maximum absolute atomic E-state index is 12.2. The lowest BCUT2D eigenvalue weighted by atomic mass is 9.95. The molecule has 1 aromatic carbocycles. The second-order valence-corrected chi connectivity index (χ2v) is 10.8. The van der Waals surface area contributed by atoms with E-state index in [9.17, 15) is 10.1 Å². The Kier molecular flexibility index (Phi) is 7.27. The van der Waals surface area contributed by atoms with Crippen molar-refractivity contribution in [2.24, 2.45) is 0 Å². The van der Waals surface area contributed by atoms with E-state index in [2.05, 4.69) is 57.6 Å². The highest BCUT2D eigenvalue weighted by atomic mass is 16.5. The highest BCUT2D eigenvalue weighted by molar-refractivity contribution is 5.93. The molecule has 2 fully saturated rings. The van der Waals surface area contributed by atoms with Crippen molar-refractivity contribution in [3.63, 3.8) is 0 Å². The van der Waals surface area contributed by atoms with Gasteiger partial charge in [0.2, 0.25) is 11.8 Å². The second-order valence-electron chi connectivity index (χ2n) is 10.8. The summed E-state index contributed by atoms with van der Waals surface area (Å²) in [5.41, 5.74) is 3.68. The van der Waals surface area contributed by atoms with Crippen LogP contribution >= 0.6 is 0 Å². The minimum Gasteiger partial charge on any atom is -0.475 e. The Bertz CT molecular complexity index is 1470. The monoisotopic (exact) mass is 537 g/mol. The van der Waals surface area contributed by atoms with Crippen LogP contribution < -0.4 is 14.5 Å². The summed E-state index contributed by atoms with van der Waals surface area (Å²) in [5, 5.41) is 12.6. The topological polar surface area (TPSA) is 88.8 Å². The smallest absolute Gasteiger partial charge is 0.246 e. The van der Waals surface area contributed by atoms with Crippen LogP contribution in [0.3, 0.4) is 0 Å². The lowest BCUT2D eigenvalue weighted by molar-refractivity contribution is -0.126. The van der Waals surface area contributed by atoms with Gasteiger partial charge in [-0.25, -0.2) is 0 Å². The molecule has 1 atom stereocenters. The number of pyridine rings is 2. The molecule has 3 aliphatic heterocycles. The van der Waals surface area contributed by atoms with E-state index in [1.807, 2.05) is 23.4 Å². The molecule has 40 heavy (non-hydrogen) atoms. The molecule has 0 spiro atoms. The van der Waals surface area contributed by atoms with Gasteiger partial charge in [-0.1, -0.05) is 30.8 Å². The van der Waals surface area contributed by atoms with Crippen molar-refractivity contribution in [3.8, 4) is 11.9 Å². The average molecular weight is 538 g/mol. The fourth-order valence-electron chi connectivity index (χ4n) is 6.26. The number of anilines is 2. The van der Waals surface area contributed by atoms with Crippen LogP contribution in [0.15, 0.2) is 49.3 Å². The summed E-state index contributed by atoms with van der Waals surface area (Å²) in [6.07, 6.45) is 8.18. The van der Waals surface area contributed by atoms with Gasteiger partial charge < -0.3 is 24.3 Å². The van der Waals surface area contributed by atoms with E-state index >= 15 is 0 Å². The molecule has 0 N–H and O–H groups in total. The van der Waals surface area contributed by atoms with Crippen molar-refractivity contribution in [2.75, 3.05) is 62.7 Å². The standard InChI is InChI=1S/C31H35N7O2/c1-3-29(39)36-13-15-37(16-14-36)30-25-10-12-38(28-19-33-18-22-7-4-5-9-24(22)28)20-27(25)26(17-32)31(34-30)40-21-23-8-6-11-35(23)2/h3-5,7,9,18-19,23H,1,6,8,10-16,20-21H2,2H3/t23-/m0/s1. The molecule has 0 unspecified atom stereocenters. The number of likely N-dealkylation sites (N-methyl/N-ethyl adjacent to an activating group) is 1. The number of carbonyl (C=O) groups is 1. The number of nitrogens with zero attached hydrogens (tertiary/aromatic N) is 7. The second kappa shape index (κ2) is 11.1. The number of ether oxygens (including phenoxy) is 1. The fraction of sp³-hybridized carbons (Fsp3) is 0.419. The van der Waals surface area contributed by atoms with Gasteiger partial charge in [0.05, 0.1) is 11.9 Å². The van der Waals surface area contributed by atoms with E-state index < -0.39 is 0 Å². The summed E-state index contributed by atoms with van der Waals surface area (Å²) in [5.74, 6) is 1.25. The number of piperazine rings is 1. The minimum atomic E-state index is -0.0430. The number of hydrogen-bond donors (Lipinski definition) is 0. The third kappa shape index (κ3) is 4.84. The Morgan fingerprint density at radius 3 is 2.70 bits per heavy atom. The van der Waals surface area contributed by atoms with Gasteiger partial charge in [0.25, 0.3) is 0 Å². The zero-order valence-corrected chi connectivity index (χ0v) is 23.1. The zero-order chi connectivity index (χ0) is 27.6. The number of amides is 1. The molecule has 6 rings (SSSR count). The van der Waals surface area contributed by atoms with Crippen LogP contribution in [0, 0.1) is 11.3 Å². The molecular weight excluding hydrogens is 502 g/mol. The van der Waals surface area contributed by atoms with Crippen molar-refractivity contribution in [2.45, 2.75) is 31.8 Å². The third-order valence-electron chi connectivity index (χ3n) is 8.59. The van der Waals surface area contributed by atoms with Gasteiger partial charge in [0.1, 0.15) is 24.1 Å². The van der Waals surface area contributed by atoms with Crippen LogP contribution in [0.2, 0.25) is 0 Å².